The monoisotopic (exact) mass is 531 g/mol. The minimum Gasteiger partial charge on any atom is -0.462 e. The smallest absolute Gasteiger partial charge is 0.350 e. The number of hydrogen-bond acceptors (Lipinski definition) is 9. The number of piperidine rings is 1. The molecule has 1 aliphatic heterocycles. The van der Waals surface area contributed by atoms with Crippen LogP contribution in [0.15, 0.2) is 12.3 Å². The minimum atomic E-state index is -0.444. The summed E-state index contributed by atoms with van der Waals surface area (Å²) in [5.74, 6) is -0.862. The molecule has 3 aromatic heterocycles. The number of thiazole rings is 1. The maximum Gasteiger partial charge on any atom is 0.350 e. The van der Waals surface area contributed by atoms with E-state index in [0.717, 1.165) is 0 Å². The van der Waals surface area contributed by atoms with Gasteiger partial charge in [0.2, 0.25) is 0 Å². The Labute approximate surface area is 217 Å². The number of anilines is 1. The molecule has 0 radical (unpaired) electrons. The van der Waals surface area contributed by atoms with E-state index in [1.165, 1.54) is 11.3 Å². The Balaban J connectivity index is 1.54. The molecule has 0 unspecified atom stereocenters. The zero-order valence-corrected chi connectivity index (χ0v) is 21.9. The average molecular weight is 532 g/mol. The van der Waals surface area contributed by atoms with Crippen LogP contribution in [0, 0.1) is 18.3 Å². The van der Waals surface area contributed by atoms with Crippen molar-refractivity contribution in [3.63, 3.8) is 0 Å². The summed E-state index contributed by atoms with van der Waals surface area (Å²) in [7, 11) is 3.38. The van der Waals surface area contributed by atoms with Crippen LogP contribution in [0.2, 0.25) is 5.02 Å². The first-order valence-electron chi connectivity index (χ1n) is 11.3. The highest BCUT2D eigenvalue weighted by Crippen LogP contribution is 2.34. The summed E-state index contributed by atoms with van der Waals surface area (Å²) in [6.45, 7) is 4.72. The molecule has 3 aromatic rings. The van der Waals surface area contributed by atoms with E-state index in [1.54, 1.807) is 44.9 Å². The van der Waals surface area contributed by atoms with E-state index in [9.17, 15) is 14.9 Å². The molecule has 11 nitrogen and oxygen atoms in total. The maximum absolute atomic E-state index is 12.9. The summed E-state index contributed by atoms with van der Waals surface area (Å²) in [4.78, 5) is 35.6. The first kappa shape index (κ1) is 25.7. The van der Waals surface area contributed by atoms with Crippen LogP contribution in [0.1, 0.15) is 44.8 Å². The van der Waals surface area contributed by atoms with E-state index >= 15 is 0 Å². The second kappa shape index (κ2) is 10.7. The predicted octanol–water partition coefficient (Wildman–Crippen LogP) is 2.91. The third-order valence-electron chi connectivity index (χ3n) is 5.93. The van der Waals surface area contributed by atoms with Gasteiger partial charge in [0, 0.05) is 39.1 Å². The number of hydrogen-bond donors (Lipinski definition) is 2. The van der Waals surface area contributed by atoms with E-state index in [4.69, 9.17) is 26.1 Å². The van der Waals surface area contributed by atoms with Crippen molar-refractivity contribution in [1.82, 2.24) is 25.1 Å². The summed E-state index contributed by atoms with van der Waals surface area (Å²) in [5.41, 5.74) is 1.87. The van der Waals surface area contributed by atoms with Crippen LogP contribution in [0.25, 0.3) is 11.4 Å². The van der Waals surface area contributed by atoms with Gasteiger partial charge in [-0.15, -0.1) is 0 Å². The molecule has 0 bridgehead atoms. The number of nitrogens with one attached hydrogen (secondary N) is 2. The van der Waals surface area contributed by atoms with Crippen LogP contribution < -0.4 is 10.2 Å². The number of carbonyl (C=O) groups excluding carboxylic acids is 2. The Morgan fingerprint density at radius 3 is 2.86 bits per heavy atom. The first-order chi connectivity index (χ1) is 17.3. The lowest BCUT2D eigenvalue weighted by molar-refractivity contribution is 0.0531. The van der Waals surface area contributed by atoms with Crippen molar-refractivity contribution in [3.8, 4) is 17.5 Å². The van der Waals surface area contributed by atoms with E-state index in [-0.39, 0.29) is 35.0 Å². The highest BCUT2D eigenvalue weighted by molar-refractivity contribution is 7.17. The fourth-order valence-electron chi connectivity index (χ4n) is 4.11. The van der Waals surface area contributed by atoms with Gasteiger partial charge in [0.05, 0.1) is 23.8 Å². The molecule has 190 valence electrons. The lowest BCUT2D eigenvalue weighted by Gasteiger charge is -2.37. The molecule has 36 heavy (non-hydrogen) atoms. The van der Waals surface area contributed by atoms with Gasteiger partial charge in [-0.1, -0.05) is 22.9 Å². The second-order valence-corrected chi connectivity index (χ2v) is 9.64. The molecule has 0 spiro atoms. The Kier molecular flexibility index (Phi) is 7.63. The molecule has 4 rings (SSSR count). The molecule has 0 saturated carbocycles. The SMILES string of the molecule is CCOC(=O)c1sc(N2CC[C@@H](NC(=O)c3[nH]c(C)c(Cl)c3C#N)[C@@H](OC)C2)nc1-c1ccn(C)n1. The molecule has 1 amide bonds. The number of rotatable bonds is 7. The highest BCUT2D eigenvalue weighted by Gasteiger charge is 2.34. The third kappa shape index (κ3) is 4.95. The van der Waals surface area contributed by atoms with Gasteiger partial charge in [0.25, 0.3) is 5.91 Å². The van der Waals surface area contributed by atoms with Gasteiger partial charge in [-0.3, -0.25) is 9.48 Å². The number of carbonyl (C=O) groups is 2. The largest absolute Gasteiger partial charge is 0.462 e. The summed E-state index contributed by atoms with van der Waals surface area (Å²) >= 11 is 7.38. The quantitative estimate of drug-likeness (QED) is 0.444. The summed E-state index contributed by atoms with van der Waals surface area (Å²) < 4.78 is 12.6. The minimum absolute atomic E-state index is 0.120. The van der Waals surface area contributed by atoms with Gasteiger partial charge < -0.3 is 24.7 Å². The van der Waals surface area contributed by atoms with Crippen molar-refractivity contribution < 1.29 is 19.1 Å². The Morgan fingerprint density at radius 1 is 1.44 bits per heavy atom. The van der Waals surface area contributed by atoms with Crippen molar-refractivity contribution in [2.24, 2.45) is 7.05 Å². The van der Waals surface area contributed by atoms with Crippen LogP contribution in [-0.2, 0) is 16.5 Å². The number of esters is 1. The van der Waals surface area contributed by atoms with Crippen molar-refractivity contribution in [1.29, 1.82) is 5.26 Å². The van der Waals surface area contributed by atoms with Crippen molar-refractivity contribution in [3.05, 3.63) is 39.1 Å². The third-order valence-corrected chi connectivity index (χ3v) is 7.50. The number of methoxy groups -OCH3 is 1. The number of nitriles is 1. The molecule has 2 atom stereocenters. The molecule has 1 saturated heterocycles. The zero-order chi connectivity index (χ0) is 26.0. The van der Waals surface area contributed by atoms with Gasteiger partial charge >= 0.3 is 5.97 Å². The number of aromatic nitrogens is 4. The molecular weight excluding hydrogens is 506 g/mol. The molecule has 2 N–H and O–H groups in total. The topological polar surface area (TPSA) is 138 Å². The normalized spacial score (nSPS) is 17.6. The van der Waals surface area contributed by atoms with Crippen LogP contribution in [-0.4, -0.2) is 70.6 Å². The van der Waals surface area contributed by atoms with Gasteiger partial charge in [-0.2, -0.15) is 10.4 Å². The molecule has 0 aromatic carbocycles. The fraction of sp³-hybridized carbons (Fsp3) is 0.435. The van der Waals surface area contributed by atoms with Gasteiger partial charge in [-0.25, -0.2) is 9.78 Å². The van der Waals surface area contributed by atoms with Crippen LogP contribution >= 0.6 is 22.9 Å². The number of amides is 1. The fourth-order valence-corrected chi connectivity index (χ4v) is 5.29. The number of H-pyrrole nitrogens is 1. The molecule has 0 aliphatic carbocycles. The average Bonchev–Trinajstić information content (AvgIpc) is 3.57. The summed E-state index contributed by atoms with van der Waals surface area (Å²) in [6.07, 6.45) is 2.00. The lowest BCUT2D eigenvalue weighted by Crippen LogP contribution is -2.55. The van der Waals surface area contributed by atoms with Crippen molar-refractivity contribution >= 4 is 39.9 Å². The van der Waals surface area contributed by atoms with Gasteiger partial charge in [0.1, 0.15) is 33.6 Å². The number of ether oxygens (including phenoxy) is 2. The molecule has 4 heterocycles. The number of halogens is 1. The molecule has 1 fully saturated rings. The van der Waals surface area contributed by atoms with E-state index in [2.05, 4.69) is 15.4 Å². The molecular formula is C23H26ClN7O4S. The van der Waals surface area contributed by atoms with Gasteiger partial charge in [-0.05, 0) is 26.3 Å². The van der Waals surface area contributed by atoms with Crippen molar-refractivity contribution in [2.45, 2.75) is 32.4 Å². The highest BCUT2D eigenvalue weighted by atomic mass is 35.5. The standard InChI is InChI=1S/C23H26ClN7O4S/c1-5-35-22(33)20-19(15-6-8-30(3)29-15)28-23(36-20)31-9-7-14(16(11-31)34-4)27-21(32)18-13(10-25)17(24)12(2)26-18/h6,8,14,16,26H,5,7,9,11H2,1-4H3,(H,27,32)/t14-,16+/m1/s1. The lowest BCUT2D eigenvalue weighted by atomic mass is 10.0. The number of aromatic amines is 1. The maximum atomic E-state index is 12.9. The Hall–Kier alpha value is -3.40. The predicted molar refractivity (Wildman–Crippen MR) is 134 cm³/mol. The van der Waals surface area contributed by atoms with Crippen molar-refractivity contribution in [2.75, 3.05) is 31.7 Å². The summed E-state index contributed by atoms with van der Waals surface area (Å²) in [5, 5.41) is 17.6. The molecule has 13 heteroatoms. The van der Waals surface area contributed by atoms with Gasteiger partial charge in [0.15, 0.2) is 5.13 Å². The number of aryl methyl sites for hydroxylation is 2. The van der Waals surface area contributed by atoms with Crippen LogP contribution in [0.3, 0.4) is 0 Å². The van der Waals surface area contributed by atoms with Crippen LogP contribution in [0.4, 0.5) is 5.13 Å². The summed E-state index contributed by atoms with van der Waals surface area (Å²) in [6, 6.07) is 3.48. The first-order valence-corrected chi connectivity index (χ1v) is 12.5. The van der Waals surface area contributed by atoms with E-state index in [1.807, 2.05) is 11.0 Å². The molecule has 1 aliphatic rings. The number of nitrogens with zero attached hydrogens (tertiary/aromatic N) is 5. The van der Waals surface area contributed by atoms with Crippen LogP contribution in [0.5, 0.6) is 0 Å². The van der Waals surface area contributed by atoms with E-state index in [0.29, 0.717) is 46.6 Å². The zero-order valence-electron chi connectivity index (χ0n) is 20.3. The second-order valence-electron chi connectivity index (χ2n) is 8.28. The Morgan fingerprint density at radius 2 is 2.22 bits per heavy atom. The Bertz CT molecular complexity index is 1320. The van der Waals surface area contributed by atoms with E-state index < -0.39 is 11.9 Å².